The maximum Gasteiger partial charge on any atom is 0.354 e. The molecule has 0 fully saturated rings. The van der Waals surface area contributed by atoms with Gasteiger partial charge in [-0.05, 0) is 25.1 Å². The van der Waals surface area contributed by atoms with Crippen LogP contribution in [-0.4, -0.2) is 31.2 Å². The Morgan fingerprint density at radius 3 is 2.75 bits per heavy atom. The van der Waals surface area contributed by atoms with Crippen molar-refractivity contribution in [2.75, 3.05) is 5.32 Å². The second-order valence-corrected chi connectivity index (χ2v) is 5.47. The van der Waals surface area contributed by atoms with Gasteiger partial charge in [0.25, 0.3) is 0 Å². The molecule has 3 N–H and O–H groups in total. The first-order valence-electron chi connectivity index (χ1n) is 7.32. The second-order valence-electron chi connectivity index (χ2n) is 5.47. The molecule has 0 saturated carbocycles. The van der Waals surface area contributed by atoms with Crippen LogP contribution in [0.2, 0.25) is 0 Å². The van der Waals surface area contributed by atoms with E-state index in [1.807, 2.05) is 31.2 Å². The summed E-state index contributed by atoms with van der Waals surface area (Å²) in [6.45, 7) is 2.00. The number of hydrogen-bond donors (Lipinski definition) is 3. The van der Waals surface area contributed by atoms with Gasteiger partial charge in [-0.1, -0.05) is 17.7 Å². The van der Waals surface area contributed by atoms with Crippen LogP contribution < -0.4 is 5.32 Å². The molecule has 7 heteroatoms. The van der Waals surface area contributed by atoms with Gasteiger partial charge < -0.3 is 10.4 Å². The molecule has 7 nitrogen and oxygen atoms in total. The highest BCUT2D eigenvalue weighted by atomic mass is 16.4. The third-order valence-corrected chi connectivity index (χ3v) is 3.82. The Morgan fingerprint density at radius 2 is 2.00 bits per heavy atom. The van der Waals surface area contributed by atoms with Crippen molar-refractivity contribution in [3.63, 3.8) is 0 Å². The van der Waals surface area contributed by atoms with Gasteiger partial charge in [-0.2, -0.15) is 5.10 Å². The van der Waals surface area contributed by atoms with E-state index >= 15 is 0 Å². The fraction of sp³-hybridized carbons (Fsp3) is 0.0588. The highest BCUT2D eigenvalue weighted by molar-refractivity contribution is 6.14. The summed E-state index contributed by atoms with van der Waals surface area (Å²) in [7, 11) is 0. The number of anilines is 2. The quantitative estimate of drug-likeness (QED) is 0.535. The summed E-state index contributed by atoms with van der Waals surface area (Å²) in [6, 6.07) is 9.54. The lowest BCUT2D eigenvalue weighted by Gasteiger charge is -2.09. The van der Waals surface area contributed by atoms with Gasteiger partial charge in [-0.25, -0.2) is 9.78 Å². The zero-order valence-electron chi connectivity index (χ0n) is 12.7. The number of hydrogen-bond acceptors (Lipinski definition) is 5. The minimum atomic E-state index is -1.09. The molecule has 4 aromatic rings. The number of aromatic carboxylic acids is 1. The van der Waals surface area contributed by atoms with Crippen LogP contribution in [0.15, 0.2) is 42.7 Å². The molecule has 0 amide bonds. The van der Waals surface area contributed by atoms with E-state index in [1.54, 1.807) is 18.5 Å². The van der Waals surface area contributed by atoms with E-state index in [1.165, 1.54) is 0 Å². The Balaban J connectivity index is 1.98. The highest BCUT2D eigenvalue weighted by Gasteiger charge is 2.20. The lowest BCUT2D eigenvalue weighted by Crippen LogP contribution is -2.01. The number of carboxylic acids is 1. The molecular formula is C17H13N5O2. The molecule has 0 saturated heterocycles. The number of H-pyrrole nitrogens is 1. The SMILES string of the molecule is Cc1ccc(Nc2nc3ccncc3c3n[nH]c(C(=O)O)c23)cc1. The van der Waals surface area contributed by atoms with Crippen LogP contribution in [0, 0.1) is 6.92 Å². The van der Waals surface area contributed by atoms with Crippen LogP contribution in [0.3, 0.4) is 0 Å². The lowest BCUT2D eigenvalue weighted by atomic mass is 10.1. The number of carbonyl (C=O) groups is 1. The molecule has 118 valence electrons. The standard InChI is InChI=1S/C17H13N5O2/c1-9-2-4-10(5-3-9)19-16-13-14(21-22-15(13)17(23)24)11-8-18-7-6-12(11)20-16/h2-8H,1H3,(H,19,20)(H,21,22)(H,23,24). The van der Waals surface area contributed by atoms with Gasteiger partial charge in [0.05, 0.1) is 10.9 Å². The Morgan fingerprint density at radius 1 is 1.21 bits per heavy atom. The number of aromatic amines is 1. The molecule has 0 bridgehead atoms. The zero-order chi connectivity index (χ0) is 16.7. The zero-order valence-corrected chi connectivity index (χ0v) is 12.7. The molecular weight excluding hydrogens is 306 g/mol. The monoisotopic (exact) mass is 319 g/mol. The van der Waals surface area contributed by atoms with Crippen LogP contribution in [0.25, 0.3) is 21.8 Å². The first kappa shape index (κ1) is 14.1. The molecule has 0 spiro atoms. The average molecular weight is 319 g/mol. The van der Waals surface area contributed by atoms with Crippen LogP contribution in [0.5, 0.6) is 0 Å². The van der Waals surface area contributed by atoms with Crippen molar-refractivity contribution < 1.29 is 9.90 Å². The molecule has 0 radical (unpaired) electrons. The summed E-state index contributed by atoms with van der Waals surface area (Å²) in [4.78, 5) is 20.2. The van der Waals surface area contributed by atoms with Crippen molar-refractivity contribution in [2.45, 2.75) is 6.92 Å². The van der Waals surface area contributed by atoms with Crippen LogP contribution in [-0.2, 0) is 0 Å². The van der Waals surface area contributed by atoms with E-state index in [2.05, 4.69) is 25.5 Å². The number of carboxylic acid groups (broad SMARTS) is 1. The smallest absolute Gasteiger partial charge is 0.354 e. The Hall–Kier alpha value is -3.48. The fourth-order valence-corrected chi connectivity index (χ4v) is 2.63. The summed E-state index contributed by atoms with van der Waals surface area (Å²) >= 11 is 0. The Bertz CT molecular complexity index is 1070. The van der Waals surface area contributed by atoms with E-state index in [-0.39, 0.29) is 5.69 Å². The van der Waals surface area contributed by atoms with E-state index in [0.717, 1.165) is 11.3 Å². The van der Waals surface area contributed by atoms with Crippen LogP contribution in [0.4, 0.5) is 11.5 Å². The summed E-state index contributed by atoms with van der Waals surface area (Å²) in [5.41, 5.74) is 3.17. The van der Waals surface area contributed by atoms with Crippen molar-refractivity contribution in [1.82, 2.24) is 20.2 Å². The number of nitrogens with zero attached hydrogens (tertiary/aromatic N) is 3. The first-order chi connectivity index (χ1) is 11.6. The van der Waals surface area contributed by atoms with Gasteiger partial charge in [-0.15, -0.1) is 0 Å². The van der Waals surface area contributed by atoms with Gasteiger partial charge in [0.1, 0.15) is 11.3 Å². The van der Waals surface area contributed by atoms with Crippen molar-refractivity contribution >= 4 is 39.3 Å². The van der Waals surface area contributed by atoms with E-state index in [4.69, 9.17) is 0 Å². The third kappa shape index (κ3) is 2.23. The largest absolute Gasteiger partial charge is 0.477 e. The van der Waals surface area contributed by atoms with Crippen molar-refractivity contribution in [3.05, 3.63) is 54.0 Å². The predicted molar refractivity (Wildman–Crippen MR) is 90.6 cm³/mol. The molecule has 4 rings (SSSR count). The fourth-order valence-electron chi connectivity index (χ4n) is 2.63. The van der Waals surface area contributed by atoms with Crippen LogP contribution >= 0.6 is 0 Å². The van der Waals surface area contributed by atoms with Crippen molar-refractivity contribution in [1.29, 1.82) is 0 Å². The van der Waals surface area contributed by atoms with Crippen molar-refractivity contribution in [3.8, 4) is 0 Å². The number of aromatic nitrogens is 4. The molecule has 3 heterocycles. The van der Waals surface area contributed by atoms with Gasteiger partial charge in [0.2, 0.25) is 0 Å². The molecule has 3 aromatic heterocycles. The number of fused-ring (bicyclic) bond motifs is 3. The first-order valence-corrected chi connectivity index (χ1v) is 7.32. The molecule has 0 unspecified atom stereocenters. The molecule has 1 aromatic carbocycles. The summed E-state index contributed by atoms with van der Waals surface area (Å²) in [5, 5.41) is 20.5. The minimum Gasteiger partial charge on any atom is -0.477 e. The number of pyridine rings is 2. The predicted octanol–water partition coefficient (Wildman–Crippen LogP) is 3.26. The topological polar surface area (TPSA) is 104 Å². The Kier molecular flexibility index (Phi) is 3.13. The van der Waals surface area contributed by atoms with Gasteiger partial charge >= 0.3 is 5.97 Å². The molecule has 0 aliphatic heterocycles. The number of nitrogens with one attached hydrogen (secondary N) is 2. The number of aryl methyl sites for hydroxylation is 1. The number of benzene rings is 1. The average Bonchev–Trinajstić information content (AvgIpc) is 3.03. The highest BCUT2D eigenvalue weighted by Crippen LogP contribution is 2.31. The van der Waals surface area contributed by atoms with Gasteiger partial charge in [0, 0.05) is 23.5 Å². The minimum absolute atomic E-state index is 0.00198. The summed E-state index contributed by atoms with van der Waals surface area (Å²) in [6.07, 6.45) is 3.27. The summed E-state index contributed by atoms with van der Waals surface area (Å²) in [5.74, 6) is -0.645. The summed E-state index contributed by atoms with van der Waals surface area (Å²) < 4.78 is 0. The molecule has 0 atom stereocenters. The lowest BCUT2D eigenvalue weighted by molar-refractivity contribution is 0.0692. The third-order valence-electron chi connectivity index (χ3n) is 3.82. The maximum atomic E-state index is 11.5. The number of rotatable bonds is 3. The maximum absolute atomic E-state index is 11.5. The molecule has 24 heavy (non-hydrogen) atoms. The van der Waals surface area contributed by atoms with Gasteiger partial charge in [-0.3, -0.25) is 10.1 Å². The second kappa shape index (κ2) is 5.31. The van der Waals surface area contributed by atoms with Crippen molar-refractivity contribution in [2.24, 2.45) is 0 Å². The van der Waals surface area contributed by atoms with E-state index < -0.39 is 5.97 Å². The molecule has 0 aliphatic carbocycles. The van der Waals surface area contributed by atoms with Gasteiger partial charge in [0.15, 0.2) is 5.69 Å². The van der Waals surface area contributed by atoms with Crippen LogP contribution in [0.1, 0.15) is 16.1 Å². The molecule has 0 aliphatic rings. The van der Waals surface area contributed by atoms with E-state index in [9.17, 15) is 9.90 Å². The normalized spacial score (nSPS) is 11.0. The Labute approximate surface area is 136 Å². The van der Waals surface area contributed by atoms with E-state index in [0.29, 0.717) is 27.6 Å².